The smallest absolute Gasteiger partial charge is 0.472 e. The number of aliphatic carboxylic acids is 1. The Labute approximate surface area is 338 Å². The van der Waals surface area contributed by atoms with Crippen LogP contribution in [0.1, 0.15) is 232 Å². The maximum Gasteiger partial charge on any atom is 0.472 e. The highest BCUT2D eigenvalue weighted by Gasteiger charge is 2.27. The number of phosphoric acid groups is 1. The molecular formula is C44H88NO9P. The summed E-state index contributed by atoms with van der Waals surface area (Å²) < 4.78 is 33.4. The van der Waals surface area contributed by atoms with Gasteiger partial charge in [-0.1, -0.05) is 213 Å². The first-order valence-electron chi connectivity index (χ1n) is 23.1. The van der Waals surface area contributed by atoms with Gasteiger partial charge in [-0.2, -0.15) is 0 Å². The molecule has 0 saturated carbocycles. The maximum atomic E-state index is 12.6. The van der Waals surface area contributed by atoms with Gasteiger partial charge in [0.15, 0.2) is 0 Å². The fraction of sp³-hybridized carbons (Fsp3) is 0.955. The van der Waals surface area contributed by atoms with Crippen molar-refractivity contribution in [3.05, 3.63) is 0 Å². The molecule has 0 heterocycles. The van der Waals surface area contributed by atoms with E-state index in [4.69, 9.17) is 29.4 Å². The molecule has 55 heavy (non-hydrogen) atoms. The Morgan fingerprint density at radius 1 is 0.509 bits per heavy atom. The van der Waals surface area contributed by atoms with Gasteiger partial charge in [-0.15, -0.1) is 0 Å². The van der Waals surface area contributed by atoms with Crippen molar-refractivity contribution in [1.29, 1.82) is 0 Å². The monoisotopic (exact) mass is 806 g/mol. The number of carboxylic acids is 1. The van der Waals surface area contributed by atoms with Crippen molar-refractivity contribution < 1.29 is 42.7 Å². The lowest BCUT2D eigenvalue weighted by molar-refractivity contribution is -0.154. The van der Waals surface area contributed by atoms with Gasteiger partial charge in [-0.05, 0) is 12.8 Å². The van der Waals surface area contributed by atoms with E-state index < -0.39 is 45.1 Å². The van der Waals surface area contributed by atoms with Crippen LogP contribution >= 0.6 is 7.82 Å². The summed E-state index contributed by atoms with van der Waals surface area (Å²) in [5.41, 5.74) is 5.35. The first kappa shape index (κ1) is 54.0. The van der Waals surface area contributed by atoms with E-state index in [0.29, 0.717) is 6.61 Å². The van der Waals surface area contributed by atoms with Crippen LogP contribution < -0.4 is 5.73 Å². The number of hydrogen-bond acceptors (Lipinski definition) is 8. The molecule has 0 aliphatic heterocycles. The van der Waals surface area contributed by atoms with E-state index in [1.807, 2.05) is 0 Å². The summed E-state index contributed by atoms with van der Waals surface area (Å²) in [7, 11) is -4.61. The quantitative estimate of drug-likeness (QED) is 0.0308. The van der Waals surface area contributed by atoms with E-state index in [2.05, 4.69) is 13.8 Å². The number of hydrogen-bond donors (Lipinski definition) is 3. The molecule has 10 nitrogen and oxygen atoms in total. The molecule has 11 heteroatoms. The van der Waals surface area contributed by atoms with Gasteiger partial charge in [0, 0.05) is 13.0 Å². The minimum Gasteiger partial charge on any atom is -0.480 e. The van der Waals surface area contributed by atoms with Crippen molar-refractivity contribution in [2.24, 2.45) is 5.73 Å². The normalized spacial score (nSPS) is 13.8. The molecule has 0 aliphatic rings. The summed E-state index contributed by atoms with van der Waals surface area (Å²) >= 11 is 0. The first-order valence-corrected chi connectivity index (χ1v) is 24.6. The minimum atomic E-state index is -4.61. The molecule has 0 fully saturated rings. The van der Waals surface area contributed by atoms with Gasteiger partial charge in [-0.25, -0.2) is 4.57 Å². The molecule has 0 aromatic rings. The van der Waals surface area contributed by atoms with Crippen LogP contribution in [0.4, 0.5) is 0 Å². The van der Waals surface area contributed by atoms with Crippen LogP contribution in [0, 0.1) is 0 Å². The lowest BCUT2D eigenvalue weighted by atomic mass is 10.0. The van der Waals surface area contributed by atoms with Gasteiger partial charge in [-0.3, -0.25) is 18.6 Å². The third-order valence-electron chi connectivity index (χ3n) is 10.4. The molecule has 0 radical (unpaired) electrons. The van der Waals surface area contributed by atoms with Crippen molar-refractivity contribution in [3.8, 4) is 0 Å². The summed E-state index contributed by atoms with van der Waals surface area (Å²) in [4.78, 5) is 33.5. The third-order valence-corrected chi connectivity index (χ3v) is 11.3. The molecule has 0 rings (SSSR count). The molecule has 0 saturated heterocycles. The van der Waals surface area contributed by atoms with E-state index in [1.165, 1.54) is 173 Å². The molecular weight excluding hydrogens is 717 g/mol. The standard InChI is InChI=1S/C44H88NO9P/c1-3-5-7-9-11-13-15-16-17-18-19-20-21-22-23-24-25-27-29-31-33-35-37-51-38-41(39-52-55(49,50)53-40-42(45)44(47)48)54-43(46)36-34-32-30-28-26-14-12-10-8-6-4-2/h41-42H,3-40,45H2,1-2H3,(H,47,48)(H,49,50). The largest absolute Gasteiger partial charge is 0.480 e. The lowest BCUT2D eigenvalue weighted by Crippen LogP contribution is -2.34. The van der Waals surface area contributed by atoms with Gasteiger partial charge in [0.05, 0.1) is 19.8 Å². The van der Waals surface area contributed by atoms with E-state index in [1.54, 1.807) is 0 Å². The second-order valence-electron chi connectivity index (χ2n) is 15.9. The van der Waals surface area contributed by atoms with E-state index in [-0.39, 0.29) is 13.0 Å². The third kappa shape index (κ3) is 40.9. The molecule has 3 atom stereocenters. The zero-order chi connectivity index (χ0) is 40.5. The van der Waals surface area contributed by atoms with Crippen LogP contribution in [0.15, 0.2) is 0 Å². The number of unbranched alkanes of at least 4 members (excludes halogenated alkanes) is 31. The first-order chi connectivity index (χ1) is 26.7. The minimum absolute atomic E-state index is 0.0257. The van der Waals surface area contributed by atoms with Gasteiger partial charge < -0.3 is 25.2 Å². The molecule has 0 bridgehead atoms. The average molecular weight is 806 g/mol. The topological polar surface area (TPSA) is 155 Å². The van der Waals surface area contributed by atoms with Crippen molar-refractivity contribution in [2.75, 3.05) is 26.4 Å². The summed E-state index contributed by atoms with van der Waals surface area (Å²) in [6.07, 6.45) is 41.7. The number of esters is 1. The number of rotatable bonds is 45. The summed E-state index contributed by atoms with van der Waals surface area (Å²) in [6.45, 7) is 3.92. The number of carbonyl (C=O) groups excluding carboxylic acids is 1. The molecule has 0 amide bonds. The van der Waals surface area contributed by atoms with E-state index >= 15 is 0 Å². The molecule has 0 spiro atoms. The summed E-state index contributed by atoms with van der Waals surface area (Å²) in [6, 6.07) is -1.47. The number of carboxylic acid groups (broad SMARTS) is 1. The predicted molar refractivity (Wildman–Crippen MR) is 226 cm³/mol. The number of phosphoric ester groups is 1. The number of ether oxygens (including phenoxy) is 2. The second-order valence-corrected chi connectivity index (χ2v) is 17.4. The fourth-order valence-corrected chi connectivity index (χ4v) is 7.56. The SMILES string of the molecule is CCCCCCCCCCCCCCCCCCCCCCCCOCC(COP(=O)(O)OCC(N)C(=O)O)OC(=O)CCCCCCCCCCCCC. The van der Waals surface area contributed by atoms with Crippen LogP contribution in [-0.4, -0.2) is 60.5 Å². The Balaban J connectivity index is 4.05. The Hall–Kier alpha value is -1.03. The average Bonchev–Trinajstić information content (AvgIpc) is 3.16. The van der Waals surface area contributed by atoms with Crippen molar-refractivity contribution in [2.45, 2.75) is 244 Å². The molecule has 328 valence electrons. The Kier molecular flexibility index (Phi) is 40.4. The Morgan fingerprint density at radius 3 is 1.20 bits per heavy atom. The van der Waals surface area contributed by atoms with Crippen LogP contribution in [0.5, 0.6) is 0 Å². The van der Waals surface area contributed by atoms with E-state index in [0.717, 1.165) is 38.5 Å². The molecule has 0 aromatic carbocycles. The lowest BCUT2D eigenvalue weighted by Gasteiger charge is -2.20. The van der Waals surface area contributed by atoms with Gasteiger partial charge in [0.2, 0.25) is 0 Å². The molecule has 0 aliphatic carbocycles. The number of nitrogens with two attached hydrogens (primary N) is 1. The van der Waals surface area contributed by atoms with Crippen molar-refractivity contribution in [3.63, 3.8) is 0 Å². The molecule has 0 aromatic heterocycles. The number of carbonyl (C=O) groups is 2. The fourth-order valence-electron chi connectivity index (χ4n) is 6.78. The van der Waals surface area contributed by atoms with Crippen LogP contribution in [0.25, 0.3) is 0 Å². The molecule has 4 N–H and O–H groups in total. The maximum absolute atomic E-state index is 12.6. The Bertz CT molecular complexity index is 893. The predicted octanol–water partition coefficient (Wildman–Crippen LogP) is 12.8. The summed E-state index contributed by atoms with van der Waals surface area (Å²) in [5, 5.41) is 8.89. The van der Waals surface area contributed by atoms with Crippen LogP contribution in [0.3, 0.4) is 0 Å². The highest BCUT2D eigenvalue weighted by Crippen LogP contribution is 2.43. The van der Waals surface area contributed by atoms with Crippen molar-refractivity contribution in [1.82, 2.24) is 0 Å². The van der Waals surface area contributed by atoms with Crippen LogP contribution in [0.2, 0.25) is 0 Å². The van der Waals surface area contributed by atoms with Gasteiger partial charge >= 0.3 is 19.8 Å². The zero-order valence-electron chi connectivity index (χ0n) is 35.8. The van der Waals surface area contributed by atoms with Gasteiger partial charge in [0.1, 0.15) is 12.1 Å². The molecule has 3 unspecified atom stereocenters. The van der Waals surface area contributed by atoms with E-state index in [9.17, 15) is 19.0 Å². The van der Waals surface area contributed by atoms with Gasteiger partial charge in [0.25, 0.3) is 0 Å². The van der Waals surface area contributed by atoms with Crippen molar-refractivity contribution >= 4 is 19.8 Å². The zero-order valence-corrected chi connectivity index (χ0v) is 36.7. The van der Waals surface area contributed by atoms with Crippen LogP contribution in [-0.2, 0) is 32.7 Å². The second kappa shape index (κ2) is 41.1. The highest BCUT2D eigenvalue weighted by atomic mass is 31.2. The Morgan fingerprint density at radius 2 is 0.836 bits per heavy atom. The highest BCUT2D eigenvalue weighted by molar-refractivity contribution is 7.47. The summed E-state index contributed by atoms with van der Waals surface area (Å²) in [5.74, 6) is -1.77.